The first kappa shape index (κ1) is 24.9. The predicted octanol–water partition coefficient (Wildman–Crippen LogP) is 8.29. The van der Waals surface area contributed by atoms with Crippen LogP contribution in [-0.4, -0.2) is 0 Å². The molecular weight excluding hydrogens is 486 g/mol. The summed E-state index contributed by atoms with van der Waals surface area (Å²) in [6, 6.07) is 7.68. The van der Waals surface area contributed by atoms with Crippen molar-refractivity contribution in [3.8, 4) is 0 Å². The molecule has 0 saturated carbocycles. The molecule has 3 aromatic carbocycles. The van der Waals surface area contributed by atoms with Gasteiger partial charge in [0.25, 0.3) is 0 Å². The van der Waals surface area contributed by atoms with E-state index in [0.717, 1.165) is 30.3 Å². The first-order chi connectivity index (χ1) is 15.1. The lowest BCUT2D eigenvalue weighted by atomic mass is 10.1. The third-order valence-corrected chi connectivity index (χ3v) is 6.62. The molecule has 33 heavy (non-hydrogen) atoms. The van der Waals surface area contributed by atoms with Crippen LogP contribution in [0, 0.1) is 12.7 Å². The molecule has 3 aromatic rings. The van der Waals surface area contributed by atoms with Crippen LogP contribution in [0.1, 0.15) is 22.3 Å². The van der Waals surface area contributed by atoms with Crippen molar-refractivity contribution in [2.75, 3.05) is 0 Å². The highest BCUT2D eigenvalue weighted by atomic mass is 32.2. The molecule has 0 bridgehead atoms. The van der Waals surface area contributed by atoms with Crippen molar-refractivity contribution in [2.45, 2.75) is 40.1 Å². The van der Waals surface area contributed by atoms with E-state index in [1.807, 2.05) is 0 Å². The summed E-state index contributed by atoms with van der Waals surface area (Å²) in [4.78, 5) is -0.633. The average Bonchev–Trinajstić information content (AvgIpc) is 2.67. The Morgan fingerprint density at radius 1 is 0.515 bits per heavy atom. The quantitative estimate of drug-likeness (QED) is 0.251. The highest BCUT2D eigenvalue weighted by Gasteiger charge is 2.41. The lowest BCUT2D eigenvalue weighted by Crippen LogP contribution is -2.15. The van der Waals surface area contributed by atoms with Crippen LogP contribution in [0.5, 0.6) is 0 Å². The van der Waals surface area contributed by atoms with Gasteiger partial charge in [-0.2, -0.15) is 39.5 Å². The number of hydrogen-bond acceptors (Lipinski definition) is 0. The SMILES string of the molecule is Cc1cc([S+](c2ccc(F)cc2)c2cc(C(F)(F)F)cc(C(F)(F)F)c2)cc(C(F)(F)F)c1. The van der Waals surface area contributed by atoms with Crippen LogP contribution in [0.15, 0.2) is 75.4 Å². The molecule has 0 radical (unpaired) electrons. The summed E-state index contributed by atoms with van der Waals surface area (Å²) < 4.78 is 134. The molecule has 0 aliphatic heterocycles. The number of aryl methyl sites for hydroxylation is 1. The second-order valence-corrected chi connectivity index (χ2v) is 9.06. The van der Waals surface area contributed by atoms with E-state index in [-0.39, 0.29) is 21.4 Å². The van der Waals surface area contributed by atoms with Gasteiger partial charge in [-0.3, -0.25) is 0 Å². The molecule has 0 spiro atoms. The van der Waals surface area contributed by atoms with Gasteiger partial charge in [0, 0.05) is 18.2 Å². The zero-order valence-electron chi connectivity index (χ0n) is 16.5. The molecule has 0 fully saturated rings. The molecule has 0 aliphatic carbocycles. The maximum atomic E-state index is 13.4. The van der Waals surface area contributed by atoms with Gasteiger partial charge < -0.3 is 0 Å². The van der Waals surface area contributed by atoms with Crippen molar-refractivity contribution >= 4 is 10.9 Å². The van der Waals surface area contributed by atoms with E-state index in [1.54, 1.807) is 0 Å². The summed E-state index contributed by atoms with van der Waals surface area (Å²) in [6.07, 6.45) is -15.1. The minimum absolute atomic E-state index is 0.0440. The molecule has 0 aromatic heterocycles. The van der Waals surface area contributed by atoms with Gasteiger partial charge in [-0.1, -0.05) is 0 Å². The Labute approximate surface area is 184 Å². The van der Waals surface area contributed by atoms with Crippen molar-refractivity contribution < 1.29 is 43.9 Å². The van der Waals surface area contributed by atoms with Crippen molar-refractivity contribution in [3.63, 3.8) is 0 Å². The van der Waals surface area contributed by atoms with Crippen LogP contribution in [0.3, 0.4) is 0 Å². The number of hydrogen-bond donors (Lipinski definition) is 0. The Morgan fingerprint density at radius 3 is 1.33 bits per heavy atom. The Hall–Kier alpha value is -2.69. The lowest BCUT2D eigenvalue weighted by Gasteiger charge is -2.16. The minimum atomic E-state index is -5.14. The van der Waals surface area contributed by atoms with Gasteiger partial charge in [0.15, 0.2) is 14.7 Å². The van der Waals surface area contributed by atoms with Gasteiger partial charge >= 0.3 is 18.5 Å². The summed E-state index contributed by atoms with van der Waals surface area (Å²) in [7, 11) is -1.84. The van der Waals surface area contributed by atoms with Crippen molar-refractivity contribution in [1.29, 1.82) is 0 Å². The normalized spacial score (nSPS) is 13.8. The highest BCUT2D eigenvalue weighted by Crippen LogP contribution is 2.42. The molecule has 0 aliphatic rings. The molecule has 0 amide bonds. The molecule has 0 nitrogen and oxygen atoms in total. The average molecular weight is 499 g/mol. The molecular formula is C22H13F10S+. The Kier molecular flexibility index (Phi) is 6.49. The second kappa shape index (κ2) is 8.58. The summed E-state index contributed by atoms with van der Waals surface area (Å²) in [6.45, 7) is 1.32. The van der Waals surface area contributed by atoms with Crippen LogP contribution >= 0.6 is 0 Å². The van der Waals surface area contributed by atoms with Gasteiger partial charge in [-0.15, -0.1) is 0 Å². The molecule has 176 valence electrons. The van der Waals surface area contributed by atoms with Crippen LogP contribution in [0.2, 0.25) is 0 Å². The van der Waals surface area contributed by atoms with Crippen LogP contribution in [0.4, 0.5) is 43.9 Å². The Balaban J connectivity index is 2.35. The largest absolute Gasteiger partial charge is 0.416 e. The van der Waals surface area contributed by atoms with Gasteiger partial charge in [-0.25, -0.2) is 4.39 Å². The number of rotatable bonds is 3. The van der Waals surface area contributed by atoms with E-state index in [0.29, 0.717) is 18.2 Å². The van der Waals surface area contributed by atoms with Crippen molar-refractivity contribution in [2.24, 2.45) is 0 Å². The van der Waals surface area contributed by atoms with E-state index < -0.39 is 56.8 Å². The van der Waals surface area contributed by atoms with Crippen molar-refractivity contribution in [3.05, 3.63) is 88.7 Å². The summed E-state index contributed by atoms with van der Waals surface area (Å²) >= 11 is 0. The van der Waals surface area contributed by atoms with Crippen LogP contribution in [0.25, 0.3) is 0 Å². The van der Waals surface area contributed by atoms with Crippen LogP contribution in [-0.2, 0) is 29.4 Å². The van der Waals surface area contributed by atoms with Gasteiger partial charge in [-0.05, 0) is 55.0 Å². The maximum absolute atomic E-state index is 13.4. The number of halogens is 10. The van der Waals surface area contributed by atoms with E-state index in [2.05, 4.69) is 0 Å². The first-order valence-electron chi connectivity index (χ1n) is 9.04. The molecule has 3 rings (SSSR count). The Bertz CT molecular complexity index is 1110. The van der Waals surface area contributed by atoms with E-state index in [1.165, 1.54) is 13.0 Å². The van der Waals surface area contributed by atoms with E-state index >= 15 is 0 Å². The van der Waals surface area contributed by atoms with E-state index in [9.17, 15) is 43.9 Å². The third kappa shape index (κ3) is 5.82. The predicted molar refractivity (Wildman–Crippen MR) is 101 cm³/mol. The van der Waals surface area contributed by atoms with Gasteiger partial charge in [0.1, 0.15) is 5.82 Å². The topological polar surface area (TPSA) is 0 Å². The molecule has 0 heterocycles. The smallest absolute Gasteiger partial charge is 0.207 e. The molecule has 0 N–H and O–H groups in total. The van der Waals surface area contributed by atoms with Gasteiger partial charge in [0.2, 0.25) is 0 Å². The molecule has 1 atom stereocenters. The standard InChI is InChI=1S/C22H13F10S/c1-12-6-13(20(24,25)26)9-18(7-12)33(17-4-2-16(23)3-5-17)19-10-14(21(27,28)29)8-15(11-19)22(30,31)32/h2-11H,1H3/q+1. The highest BCUT2D eigenvalue weighted by molar-refractivity contribution is 7.97. The third-order valence-electron chi connectivity index (χ3n) is 4.46. The Morgan fingerprint density at radius 2 is 0.909 bits per heavy atom. The summed E-state index contributed by atoms with van der Waals surface area (Å²) in [5, 5.41) is 0. The minimum Gasteiger partial charge on any atom is -0.207 e. The molecule has 0 saturated heterocycles. The fraction of sp³-hybridized carbons (Fsp3) is 0.182. The second-order valence-electron chi connectivity index (χ2n) is 7.03. The molecule has 1 unspecified atom stereocenters. The number of alkyl halides is 9. The summed E-state index contributed by atoms with van der Waals surface area (Å²) in [5.74, 6) is -0.734. The first-order valence-corrected chi connectivity index (χ1v) is 10.3. The fourth-order valence-electron chi connectivity index (χ4n) is 3.05. The monoisotopic (exact) mass is 499 g/mol. The number of benzene rings is 3. The molecule has 11 heteroatoms. The zero-order valence-corrected chi connectivity index (χ0v) is 17.3. The van der Waals surface area contributed by atoms with Gasteiger partial charge in [0.05, 0.1) is 27.6 Å². The van der Waals surface area contributed by atoms with Crippen LogP contribution < -0.4 is 0 Å². The van der Waals surface area contributed by atoms with E-state index in [4.69, 9.17) is 0 Å². The zero-order chi connectivity index (χ0) is 24.8. The fourth-order valence-corrected chi connectivity index (χ4v) is 5.32. The maximum Gasteiger partial charge on any atom is 0.416 e. The van der Waals surface area contributed by atoms with Crippen molar-refractivity contribution in [1.82, 2.24) is 0 Å². The lowest BCUT2D eigenvalue weighted by molar-refractivity contribution is -0.143. The summed E-state index contributed by atoms with van der Waals surface area (Å²) in [5.41, 5.74) is -4.21.